The van der Waals surface area contributed by atoms with Gasteiger partial charge in [-0.25, -0.2) is 4.39 Å². The Labute approximate surface area is 104 Å². The van der Waals surface area contributed by atoms with Crippen LogP contribution in [0.25, 0.3) is 0 Å². The monoisotopic (exact) mass is 248 g/mol. The fraction of sp³-hybridized carbons (Fsp3) is 0.154. The molecule has 1 aromatic heterocycles. The van der Waals surface area contributed by atoms with Crippen molar-refractivity contribution in [2.75, 3.05) is 5.73 Å². The zero-order valence-electron chi connectivity index (χ0n) is 9.87. The molecule has 1 heterocycles. The van der Waals surface area contributed by atoms with Gasteiger partial charge in [0.15, 0.2) is 0 Å². The third-order valence-corrected chi connectivity index (χ3v) is 2.55. The van der Waals surface area contributed by atoms with E-state index < -0.39 is 11.7 Å². The Balaban J connectivity index is 2.14. The van der Waals surface area contributed by atoms with Crippen LogP contribution in [0.2, 0.25) is 0 Å². The number of anilines is 1. The molecule has 0 bridgehead atoms. The van der Waals surface area contributed by atoms with E-state index in [0.29, 0.717) is 11.3 Å². The lowest BCUT2D eigenvalue weighted by Gasteiger charge is -2.08. The fourth-order valence-electron chi connectivity index (χ4n) is 1.63. The second-order valence-electron chi connectivity index (χ2n) is 4.01. The molecule has 2 aromatic rings. The molecule has 0 aliphatic heterocycles. The molecule has 94 valence electrons. The van der Waals surface area contributed by atoms with Crippen LogP contribution in [0.5, 0.6) is 0 Å². The maximum atomic E-state index is 13.8. The predicted octanol–water partition coefficient (Wildman–Crippen LogP) is 2.24. The number of halogens is 1. The molecule has 0 saturated heterocycles. The SMILES string of the molecule is Cc1cc(N)cc(C(=O)NCc2ccoc2)c1F. The van der Waals surface area contributed by atoms with Crippen LogP contribution in [-0.4, -0.2) is 5.91 Å². The lowest BCUT2D eigenvalue weighted by molar-refractivity contribution is 0.0946. The maximum absolute atomic E-state index is 13.8. The first-order chi connectivity index (χ1) is 8.58. The summed E-state index contributed by atoms with van der Waals surface area (Å²) >= 11 is 0. The van der Waals surface area contributed by atoms with E-state index in [1.54, 1.807) is 13.0 Å². The number of furan rings is 1. The Morgan fingerprint density at radius 1 is 1.50 bits per heavy atom. The molecule has 0 unspecified atom stereocenters. The maximum Gasteiger partial charge on any atom is 0.254 e. The summed E-state index contributed by atoms with van der Waals surface area (Å²) in [7, 11) is 0. The molecule has 0 saturated carbocycles. The molecule has 0 fully saturated rings. The van der Waals surface area contributed by atoms with Gasteiger partial charge in [-0.05, 0) is 30.7 Å². The molecular formula is C13H13FN2O2. The van der Waals surface area contributed by atoms with Crippen molar-refractivity contribution in [2.24, 2.45) is 0 Å². The van der Waals surface area contributed by atoms with Gasteiger partial charge in [-0.3, -0.25) is 4.79 Å². The van der Waals surface area contributed by atoms with Crippen molar-refractivity contribution in [3.63, 3.8) is 0 Å². The predicted molar refractivity (Wildman–Crippen MR) is 65.4 cm³/mol. The van der Waals surface area contributed by atoms with E-state index in [-0.39, 0.29) is 12.1 Å². The highest BCUT2D eigenvalue weighted by atomic mass is 19.1. The van der Waals surface area contributed by atoms with Crippen molar-refractivity contribution < 1.29 is 13.6 Å². The lowest BCUT2D eigenvalue weighted by Crippen LogP contribution is -2.24. The van der Waals surface area contributed by atoms with Crippen LogP contribution in [0.3, 0.4) is 0 Å². The third kappa shape index (κ3) is 2.51. The van der Waals surface area contributed by atoms with Gasteiger partial charge in [0.25, 0.3) is 5.91 Å². The topological polar surface area (TPSA) is 68.3 Å². The molecule has 1 amide bonds. The normalized spacial score (nSPS) is 10.3. The van der Waals surface area contributed by atoms with Crippen LogP contribution in [0.15, 0.2) is 35.1 Å². The number of nitrogens with two attached hydrogens (primary N) is 1. The molecule has 1 aromatic carbocycles. The highest BCUT2D eigenvalue weighted by Gasteiger charge is 2.14. The van der Waals surface area contributed by atoms with Gasteiger partial charge in [0.2, 0.25) is 0 Å². The van der Waals surface area contributed by atoms with Gasteiger partial charge in [-0.1, -0.05) is 0 Å². The van der Waals surface area contributed by atoms with Crippen LogP contribution in [0.1, 0.15) is 21.5 Å². The summed E-state index contributed by atoms with van der Waals surface area (Å²) in [5.41, 5.74) is 7.07. The Bertz CT molecular complexity index is 565. The van der Waals surface area contributed by atoms with Gasteiger partial charge in [-0.15, -0.1) is 0 Å². The van der Waals surface area contributed by atoms with Gasteiger partial charge in [-0.2, -0.15) is 0 Å². The van der Waals surface area contributed by atoms with E-state index >= 15 is 0 Å². The fourth-order valence-corrected chi connectivity index (χ4v) is 1.63. The Morgan fingerprint density at radius 2 is 2.28 bits per heavy atom. The van der Waals surface area contributed by atoms with Gasteiger partial charge in [0.05, 0.1) is 18.1 Å². The zero-order valence-corrected chi connectivity index (χ0v) is 9.87. The summed E-state index contributed by atoms with van der Waals surface area (Å²) in [6, 6.07) is 4.54. The average molecular weight is 248 g/mol. The number of hydrogen-bond donors (Lipinski definition) is 2. The zero-order chi connectivity index (χ0) is 13.1. The summed E-state index contributed by atoms with van der Waals surface area (Å²) in [5, 5.41) is 2.60. The van der Waals surface area contributed by atoms with E-state index in [4.69, 9.17) is 10.2 Å². The van der Waals surface area contributed by atoms with Gasteiger partial charge in [0, 0.05) is 17.8 Å². The van der Waals surface area contributed by atoms with Crippen molar-refractivity contribution in [3.8, 4) is 0 Å². The third-order valence-electron chi connectivity index (χ3n) is 2.55. The Kier molecular flexibility index (Phi) is 3.32. The van der Waals surface area contributed by atoms with E-state index in [1.165, 1.54) is 24.7 Å². The van der Waals surface area contributed by atoms with Crippen LogP contribution in [-0.2, 0) is 6.54 Å². The number of nitrogen functional groups attached to an aromatic ring is 1. The largest absolute Gasteiger partial charge is 0.472 e. The summed E-state index contributed by atoms with van der Waals surface area (Å²) in [5.74, 6) is -1.04. The minimum Gasteiger partial charge on any atom is -0.472 e. The molecule has 18 heavy (non-hydrogen) atoms. The smallest absolute Gasteiger partial charge is 0.254 e. The van der Waals surface area contributed by atoms with Crippen LogP contribution in [0.4, 0.5) is 10.1 Å². The van der Waals surface area contributed by atoms with Crippen molar-refractivity contribution in [2.45, 2.75) is 13.5 Å². The van der Waals surface area contributed by atoms with Crippen LogP contribution in [0, 0.1) is 12.7 Å². The first-order valence-electron chi connectivity index (χ1n) is 5.43. The number of aryl methyl sites for hydroxylation is 1. The van der Waals surface area contributed by atoms with Crippen LogP contribution < -0.4 is 11.1 Å². The van der Waals surface area contributed by atoms with Crippen molar-refractivity contribution in [1.29, 1.82) is 0 Å². The highest BCUT2D eigenvalue weighted by molar-refractivity contribution is 5.95. The number of hydrogen-bond acceptors (Lipinski definition) is 3. The summed E-state index contributed by atoms with van der Waals surface area (Å²) in [6.45, 7) is 1.85. The molecule has 0 aliphatic carbocycles. The number of carbonyl (C=O) groups excluding carboxylic acids is 1. The van der Waals surface area contributed by atoms with Crippen molar-refractivity contribution in [1.82, 2.24) is 5.32 Å². The van der Waals surface area contributed by atoms with E-state index in [2.05, 4.69) is 5.32 Å². The number of carbonyl (C=O) groups is 1. The van der Waals surface area contributed by atoms with E-state index in [0.717, 1.165) is 5.56 Å². The summed E-state index contributed by atoms with van der Waals surface area (Å²) < 4.78 is 18.6. The minimum atomic E-state index is -0.547. The molecular weight excluding hydrogens is 235 g/mol. The number of amides is 1. The average Bonchev–Trinajstić information content (AvgIpc) is 2.83. The standard InChI is InChI=1S/C13H13FN2O2/c1-8-4-10(15)5-11(12(8)14)13(17)16-6-9-2-3-18-7-9/h2-5,7H,6,15H2,1H3,(H,16,17). The lowest BCUT2D eigenvalue weighted by atomic mass is 10.1. The van der Waals surface area contributed by atoms with E-state index in [9.17, 15) is 9.18 Å². The summed E-state index contributed by atoms with van der Waals surface area (Å²) in [6.07, 6.45) is 3.02. The molecule has 3 N–H and O–H groups in total. The number of benzene rings is 1. The quantitative estimate of drug-likeness (QED) is 0.818. The molecule has 2 rings (SSSR count). The van der Waals surface area contributed by atoms with E-state index in [1.807, 2.05) is 0 Å². The van der Waals surface area contributed by atoms with Crippen LogP contribution >= 0.6 is 0 Å². The van der Waals surface area contributed by atoms with Gasteiger partial charge >= 0.3 is 0 Å². The first-order valence-corrected chi connectivity index (χ1v) is 5.43. The Hall–Kier alpha value is -2.30. The van der Waals surface area contributed by atoms with Gasteiger partial charge < -0.3 is 15.5 Å². The molecule has 0 aliphatic rings. The summed E-state index contributed by atoms with van der Waals surface area (Å²) in [4.78, 5) is 11.8. The Morgan fingerprint density at radius 3 is 2.94 bits per heavy atom. The highest BCUT2D eigenvalue weighted by Crippen LogP contribution is 2.17. The molecule has 0 radical (unpaired) electrons. The molecule has 0 spiro atoms. The molecule has 4 nitrogen and oxygen atoms in total. The number of rotatable bonds is 3. The number of nitrogens with one attached hydrogen (secondary N) is 1. The first kappa shape index (κ1) is 12.2. The molecule has 0 atom stereocenters. The second kappa shape index (κ2) is 4.91. The van der Waals surface area contributed by atoms with Gasteiger partial charge in [0.1, 0.15) is 5.82 Å². The van der Waals surface area contributed by atoms with Crippen molar-refractivity contribution >= 4 is 11.6 Å². The minimum absolute atomic E-state index is 0.0454. The molecule has 5 heteroatoms. The van der Waals surface area contributed by atoms with Crippen molar-refractivity contribution in [3.05, 3.63) is 53.2 Å². The second-order valence-corrected chi connectivity index (χ2v) is 4.01.